The number of hydrogen-bond donors (Lipinski definition) is 0. The van der Waals surface area contributed by atoms with Gasteiger partial charge in [-0.3, -0.25) is 0 Å². The first-order chi connectivity index (χ1) is 6.32. The van der Waals surface area contributed by atoms with Crippen LogP contribution >= 0.6 is 23.2 Å². The maximum absolute atomic E-state index is 6.08. The monoisotopic (exact) mass is 234 g/mol. The summed E-state index contributed by atoms with van der Waals surface area (Å²) < 4.78 is 0. The minimum atomic E-state index is 0.166. The summed E-state index contributed by atoms with van der Waals surface area (Å²) in [6.07, 6.45) is 3.80. The summed E-state index contributed by atoms with van der Waals surface area (Å²) in [5.41, 5.74) is 1.49. The molecular formula is C12H20Cl2. The van der Waals surface area contributed by atoms with E-state index in [1.54, 1.807) is 0 Å². The molecule has 0 aromatic carbocycles. The van der Waals surface area contributed by atoms with Gasteiger partial charge in [-0.2, -0.15) is 0 Å². The van der Waals surface area contributed by atoms with E-state index in [1.165, 1.54) is 5.57 Å². The van der Waals surface area contributed by atoms with Crippen LogP contribution in [0.3, 0.4) is 0 Å². The van der Waals surface area contributed by atoms with Crippen molar-refractivity contribution in [3.8, 4) is 0 Å². The molecule has 0 aliphatic heterocycles. The summed E-state index contributed by atoms with van der Waals surface area (Å²) in [6.45, 7) is 10.7. The van der Waals surface area contributed by atoms with Crippen molar-refractivity contribution >= 4 is 23.2 Å². The first-order valence-corrected chi connectivity index (χ1v) is 5.83. The van der Waals surface area contributed by atoms with Crippen LogP contribution in [-0.2, 0) is 0 Å². The highest BCUT2D eigenvalue weighted by Gasteiger charge is 2.15. The van der Waals surface area contributed by atoms with Gasteiger partial charge in [-0.05, 0) is 24.3 Å². The Balaban J connectivity index is 4.96. The Kier molecular flexibility index (Phi) is 5.85. The maximum atomic E-state index is 6.08. The molecule has 0 spiro atoms. The van der Waals surface area contributed by atoms with Crippen molar-refractivity contribution in [2.45, 2.75) is 47.5 Å². The Morgan fingerprint density at radius 1 is 1.07 bits per heavy atom. The van der Waals surface area contributed by atoms with Gasteiger partial charge in [0.25, 0.3) is 0 Å². The zero-order valence-corrected chi connectivity index (χ0v) is 11.3. The average molecular weight is 235 g/mol. The molecule has 0 aliphatic carbocycles. The summed E-state index contributed by atoms with van der Waals surface area (Å²) in [5, 5.41) is 1.42. The van der Waals surface area contributed by atoms with Crippen LogP contribution in [0.4, 0.5) is 0 Å². The molecule has 0 radical (unpaired) electrons. The highest BCUT2D eigenvalue weighted by molar-refractivity contribution is 6.40. The van der Waals surface area contributed by atoms with E-state index in [-0.39, 0.29) is 5.41 Å². The Morgan fingerprint density at radius 3 is 1.86 bits per heavy atom. The molecule has 0 nitrogen and oxygen atoms in total. The Morgan fingerprint density at radius 2 is 1.57 bits per heavy atom. The number of rotatable bonds is 3. The second kappa shape index (κ2) is 5.82. The normalized spacial score (nSPS) is 15.5. The highest BCUT2D eigenvalue weighted by atomic mass is 35.5. The third-order valence-electron chi connectivity index (χ3n) is 2.21. The van der Waals surface area contributed by atoms with Crippen molar-refractivity contribution in [3.63, 3.8) is 0 Å². The molecule has 0 N–H and O–H groups in total. The van der Waals surface area contributed by atoms with Gasteiger partial charge in [0.05, 0.1) is 5.03 Å². The van der Waals surface area contributed by atoms with Crippen molar-refractivity contribution < 1.29 is 0 Å². The van der Waals surface area contributed by atoms with Gasteiger partial charge in [-0.25, -0.2) is 0 Å². The van der Waals surface area contributed by atoms with E-state index >= 15 is 0 Å². The Bertz CT molecular complexity index is 242. The minimum absolute atomic E-state index is 0.166. The molecular weight excluding hydrogens is 215 g/mol. The molecule has 82 valence electrons. The van der Waals surface area contributed by atoms with E-state index in [4.69, 9.17) is 23.2 Å². The first kappa shape index (κ1) is 14.1. The quantitative estimate of drug-likeness (QED) is 0.569. The topological polar surface area (TPSA) is 0 Å². The smallest absolute Gasteiger partial charge is 0.0550 e. The van der Waals surface area contributed by atoms with Crippen LogP contribution in [0.2, 0.25) is 0 Å². The van der Waals surface area contributed by atoms with Crippen molar-refractivity contribution in [2.75, 3.05) is 0 Å². The van der Waals surface area contributed by atoms with Crippen LogP contribution in [0.15, 0.2) is 21.7 Å². The zero-order valence-electron chi connectivity index (χ0n) is 9.75. The molecule has 14 heavy (non-hydrogen) atoms. The van der Waals surface area contributed by atoms with Gasteiger partial charge in [0.2, 0.25) is 0 Å². The van der Waals surface area contributed by atoms with Gasteiger partial charge in [-0.15, -0.1) is 0 Å². The largest absolute Gasteiger partial charge is 0.0875 e. The molecule has 0 aromatic heterocycles. The molecule has 0 aromatic rings. The van der Waals surface area contributed by atoms with E-state index < -0.39 is 0 Å². The second-order valence-corrected chi connectivity index (χ2v) is 5.24. The van der Waals surface area contributed by atoms with Crippen LogP contribution in [-0.4, -0.2) is 0 Å². The molecule has 0 heterocycles. The molecule has 0 amide bonds. The fourth-order valence-electron chi connectivity index (χ4n) is 1.25. The Hall–Kier alpha value is 0.0600. The molecule has 0 bridgehead atoms. The maximum Gasteiger partial charge on any atom is 0.0550 e. The molecule has 0 unspecified atom stereocenters. The molecule has 0 rings (SSSR count). The van der Waals surface area contributed by atoms with E-state index in [2.05, 4.69) is 27.7 Å². The highest BCUT2D eigenvalue weighted by Crippen LogP contribution is 2.31. The van der Waals surface area contributed by atoms with E-state index in [9.17, 15) is 0 Å². The summed E-state index contributed by atoms with van der Waals surface area (Å²) in [5.74, 6) is 0. The second-order valence-electron chi connectivity index (χ2n) is 4.38. The summed E-state index contributed by atoms with van der Waals surface area (Å²) in [4.78, 5) is 0. The van der Waals surface area contributed by atoms with E-state index in [1.807, 2.05) is 13.0 Å². The van der Waals surface area contributed by atoms with Gasteiger partial charge in [-0.1, -0.05) is 63.4 Å². The molecule has 0 saturated carbocycles. The minimum Gasteiger partial charge on any atom is -0.0875 e. The van der Waals surface area contributed by atoms with Crippen molar-refractivity contribution in [1.82, 2.24) is 0 Å². The van der Waals surface area contributed by atoms with Crippen molar-refractivity contribution in [1.29, 1.82) is 0 Å². The van der Waals surface area contributed by atoms with E-state index in [0.29, 0.717) is 5.03 Å². The van der Waals surface area contributed by atoms with Crippen LogP contribution in [0, 0.1) is 5.41 Å². The van der Waals surface area contributed by atoms with Gasteiger partial charge >= 0.3 is 0 Å². The molecule has 2 heteroatoms. The van der Waals surface area contributed by atoms with Gasteiger partial charge < -0.3 is 0 Å². The predicted molar refractivity (Wildman–Crippen MR) is 66.9 cm³/mol. The fraction of sp³-hybridized carbons (Fsp3) is 0.667. The lowest BCUT2D eigenvalue weighted by molar-refractivity contribution is 0.488. The average Bonchev–Trinajstić information content (AvgIpc) is 2.10. The van der Waals surface area contributed by atoms with Crippen LogP contribution in [0.25, 0.3) is 0 Å². The number of hydrogen-bond acceptors (Lipinski definition) is 0. The van der Waals surface area contributed by atoms with Gasteiger partial charge in [0.1, 0.15) is 0 Å². The van der Waals surface area contributed by atoms with Gasteiger partial charge in [0, 0.05) is 5.03 Å². The molecule has 0 aliphatic rings. The summed E-state index contributed by atoms with van der Waals surface area (Å²) in [7, 11) is 0. The fourth-order valence-corrected chi connectivity index (χ4v) is 1.57. The lowest BCUT2D eigenvalue weighted by Gasteiger charge is -2.22. The predicted octanol–water partition coefficient (Wildman–Crippen LogP) is 5.47. The van der Waals surface area contributed by atoms with Crippen molar-refractivity contribution in [3.05, 3.63) is 21.7 Å². The standard InChI is InChI=1S/C12H20Cl2/c1-6-9(12(3,4)5)8-11(14)10(13)7-2/h8H,6-7H2,1-5H3/b9-8+,11-10-. The van der Waals surface area contributed by atoms with Gasteiger partial charge in [0.15, 0.2) is 0 Å². The van der Waals surface area contributed by atoms with Crippen LogP contribution in [0.5, 0.6) is 0 Å². The molecule has 0 atom stereocenters. The van der Waals surface area contributed by atoms with Crippen molar-refractivity contribution in [2.24, 2.45) is 5.41 Å². The lowest BCUT2D eigenvalue weighted by atomic mass is 9.84. The third-order valence-corrected chi connectivity index (χ3v) is 3.12. The SMILES string of the molecule is CC/C(Cl)=C(Cl)\C=C(/CC)C(C)(C)C. The third kappa shape index (κ3) is 4.52. The molecule has 0 fully saturated rings. The summed E-state index contributed by atoms with van der Waals surface area (Å²) in [6, 6.07) is 0. The summed E-state index contributed by atoms with van der Waals surface area (Å²) >= 11 is 12.1. The van der Waals surface area contributed by atoms with Crippen LogP contribution in [0.1, 0.15) is 47.5 Å². The number of halogens is 2. The lowest BCUT2D eigenvalue weighted by Crippen LogP contribution is -2.08. The van der Waals surface area contributed by atoms with Crippen LogP contribution < -0.4 is 0 Å². The first-order valence-electron chi connectivity index (χ1n) is 5.08. The molecule has 0 saturated heterocycles. The van der Waals surface area contributed by atoms with E-state index in [0.717, 1.165) is 17.9 Å². The Labute approximate surface area is 98.0 Å². The zero-order chi connectivity index (χ0) is 11.4. The number of allylic oxidation sites excluding steroid dienone is 4.